The van der Waals surface area contributed by atoms with E-state index in [0.717, 1.165) is 32.1 Å². The van der Waals surface area contributed by atoms with E-state index in [1.54, 1.807) is 0 Å². The van der Waals surface area contributed by atoms with Gasteiger partial charge in [0.15, 0.2) is 11.6 Å². The summed E-state index contributed by atoms with van der Waals surface area (Å²) in [5, 5.41) is 10.9. The summed E-state index contributed by atoms with van der Waals surface area (Å²) in [5.74, 6) is -0.871. The molecule has 0 aromatic heterocycles. The minimum absolute atomic E-state index is 0.362. The molecular formula is C14H22O3. The van der Waals surface area contributed by atoms with E-state index in [4.69, 9.17) is 9.47 Å². The number of hydrogen-bond donors (Lipinski definition) is 1. The van der Waals surface area contributed by atoms with Gasteiger partial charge in [-0.2, -0.15) is 0 Å². The Bertz CT molecular complexity index is 340. The third kappa shape index (κ3) is 1.23. The molecule has 2 spiro atoms. The van der Waals surface area contributed by atoms with Crippen molar-refractivity contribution in [2.45, 2.75) is 81.4 Å². The molecule has 17 heavy (non-hydrogen) atoms. The fraction of sp³-hybridized carbons (Fsp3) is 1.00. The van der Waals surface area contributed by atoms with Crippen molar-refractivity contribution in [2.75, 3.05) is 0 Å². The van der Waals surface area contributed by atoms with Crippen LogP contribution < -0.4 is 0 Å². The highest BCUT2D eigenvalue weighted by Gasteiger charge is 2.70. The van der Waals surface area contributed by atoms with E-state index in [1.165, 1.54) is 32.1 Å². The minimum Gasteiger partial charge on any atom is -0.363 e. The second kappa shape index (κ2) is 3.25. The van der Waals surface area contributed by atoms with Gasteiger partial charge in [-0.05, 0) is 38.5 Å². The summed E-state index contributed by atoms with van der Waals surface area (Å²) < 4.78 is 12.6. The second-order valence-electron chi connectivity index (χ2n) is 6.48. The van der Waals surface area contributed by atoms with E-state index in [9.17, 15) is 5.11 Å². The molecule has 4 atom stereocenters. The Kier molecular flexibility index (Phi) is 2.06. The molecule has 4 rings (SSSR count). The van der Waals surface area contributed by atoms with Gasteiger partial charge in [-0.3, -0.25) is 0 Å². The Morgan fingerprint density at radius 3 is 2.59 bits per heavy atom. The maximum Gasteiger partial charge on any atom is 0.198 e. The molecule has 0 unspecified atom stereocenters. The zero-order chi connectivity index (χ0) is 11.6. The highest BCUT2D eigenvalue weighted by Crippen LogP contribution is 2.62. The molecule has 2 heterocycles. The maximum absolute atomic E-state index is 10.9. The molecule has 3 nitrogen and oxygen atoms in total. The van der Waals surface area contributed by atoms with Gasteiger partial charge in [-0.1, -0.05) is 12.8 Å². The summed E-state index contributed by atoms with van der Waals surface area (Å²) in [4.78, 5) is 0. The van der Waals surface area contributed by atoms with Crippen LogP contribution in [-0.4, -0.2) is 22.3 Å². The maximum atomic E-state index is 10.9. The summed E-state index contributed by atoms with van der Waals surface area (Å²) in [6, 6.07) is 0. The lowest BCUT2D eigenvalue weighted by molar-refractivity contribution is -0.280. The van der Waals surface area contributed by atoms with Crippen molar-refractivity contribution in [3.05, 3.63) is 0 Å². The summed E-state index contributed by atoms with van der Waals surface area (Å²) in [5.41, 5.74) is -0.362. The van der Waals surface area contributed by atoms with Gasteiger partial charge in [0.05, 0.1) is 0 Å². The number of aliphatic hydroxyl groups is 1. The van der Waals surface area contributed by atoms with Gasteiger partial charge >= 0.3 is 0 Å². The molecule has 4 aliphatic rings. The zero-order valence-electron chi connectivity index (χ0n) is 10.4. The predicted molar refractivity (Wildman–Crippen MR) is 62.2 cm³/mol. The fourth-order valence-corrected chi connectivity index (χ4v) is 4.71. The molecule has 4 fully saturated rings. The van der Waals surface area contributed by atoms with Crippen LogP contribution in [0.2, 0.25) is 0 Å². The molecule has 0 aromatic rings. The summed E-state index contributed by atoms with van der Waals surface area (Å²) >= 11 is 0. The topological polar surface area (TPSA) is 38.7 Å². The Morgan fingerprint density at radius 2 is 1.65 bits per heavy atom. The van der Waals surface area contributed by atoms with Gasteiger partial charge in [0.1, 0.15) is 5.60 Å². The molecule has 2 aliphatic heterocycles. The quantitative estimate of drug-likeness (QED) is 0.705. The summed E-state index contributed by atoms with van der Waals surface area (Å²) in [6.45, 7) is 0. The van der Waals surface area contributed by atoms with Crippen LogP contribution in [0.4, 0.5) is 0 Å². The predicted octanol–water partition coefficient (Wildman–Crippen LogP) is 2.71. The first-order chi connectivity index (χ1) is 8.18. The lowest BCUT2D eigenvalue weighted by Crippen LogP contribution is -2.55. The highest BCUT2D eigenvalue weighted by atomic mass is 16.8. The first-order valence-electron chi connectivity index (χ1n) is 7.31. The Hall–Kier alpha value is -0.120. The van der Waals surface area contributed by atoms with Gasteiger partial charge in [0, 0.05) is 18.8 Å². The van der Waals surface area contributed by atoms with E-state index in [-0.39, 0.29) is 5.60 Å². The van der Waals surface area contributed by atoms with Crippen LogP contribution in [-0.2, 0) is 9.47 Å². The van der Waals surface area contributed by atoms with Crippen LogP contribution >= 0.6 is 0 Å². The van der Waals surface area contributed by atoms with Gasteiger partial charge < -0.3 is 14.6 Å². The molecule has 0 amide bonds. The Balaban J connectivity index is 1.75. The Labute approximate surface area is 102 Å². The molecule has 0 radical (unpaired) electrons. The van der Waals surface area contributed by atoms with E-state index in [0.29, 0.717) is 5.92 Å². The standard InChI is InChI=1S/C14H22O3/c15-14-9-4-3-7-12(14)10-6-11-5-1-2-8-13(11,16-12)17-14/h11,15H,1-10H2/t11-,12+,13+,14-/m0/s1. The van der Waals surface area contributed by atoms with Crippen molar-refractivity contribution in [2.24, 2.45) is 5.92 Å². The zero-order valence-corrected chi connectivity index (χ0v) is 10.4. The van der Waals surface area contributed by atoms with Crippen molar-refractivity contribution in [1.29, 1.82) is 0 Å². The van der Waals surface area contributed by atoms with E-state index in [2.05, 4.69) is 0 Å². The van der Waals surface area contributed by atoms with Gasteiger partial charge in [0.25, 0.3) is 0 Å². The molecule has 3 heteroatoms. The first-order valence-corrected chi connectivity index (χ1v) is 7.31. The summed E-state index contributed by atoms with van der Waals surface area (Å²) in [7, 11) is 0. The molecule has 2 aliphatic carbocycles. The smallest absolute Gasteiger partial charge is 0.198 e. The third-order valence-corrected chi connectivity index (χ3v) is 5.61. The van der Waals surface area contributed by atoms with Crippen molar-refractivity contribution in [3.63, 3.8) is 0 Å². The van der Waals surface area contributed by atoms with Crippen LogP contribution in [0.1, 0.15) is 64.2 Å². The number of ether oxygens (including phenoxy) is 2. The number of hydrogen-bond acceptors (Lipinski definition) is 3. The molecule has 2 saturated heterocycles. The average Bonchev–Trinajstić information content (AvgIpc) is 2.52. The van der Waals surface area contributed by atoms with E-state index < -0.39 is 11.6 Å². The van der Waals surface area contributed by atoms with E-state index >= 15 is 0 Å². The molecule has 2 saturated carbocycles. The van der Waals surface area contributed by atoms with Crippen molar-refractivity contribution in [1.82, 2.24) is 0 Å². The lowest BCUT2D eigenvalue weighted by atomic mass is 9.71. The van der Waals surface area contributed by atoms with Crippen molar-refractivity contribution in [3.8, 4) is 0 Å². The molecular weight excluding hydrogens is 216 g/mol. The third-order valence-electron chi connectivity index (χ3n) is 5.61. The highest BCUT2D eigenvalue weighted by molar-refractivity contribution is 5.10. The van der Waals surface area contributed by atoms with Crippen molar-refractivity contribution < 1.29 is 14.6 Å². The van der Waals surface area contributed by atoms with Crippen LogP contribution in [0.25, 0.3) is 0 Å². The van der Waals surface area contributed by atoms with Crippen LogP contribution in [0.5, 0.6) is 0 Å². The fourth-order valence-electron chi connectivity index (χ4n) is 4.71. The average molecular weight is 238 g/mol. The molecule has 1 N–H and O–H groups in total. The van der Waals surface area contributed by atoms with Gasteiger partial charge in [-0.15, -0.1) is 0 Å². The normalized spacial score (nSPS) is 57.4. The SMILES string of the molecule is O[C@]12CCCC[C@@]13CC[C@@H]1CCCC[C@@]1(O3)O2. The van der Waals surface area contributed by atoms with E-state index in [1.807, 2.05) is 0 Å². The first kappa shape index (κ1) is 10.8. The molecule has 96 valence electrons. The Morgan fingerprint density at radius 1 is 0.824 bits per heavy atom. The minimum atomic E-state index is -0.975. The number of rotatable bonds is 0. The monoisotopic (exact) mass is 238 g/mol. The second-order valence-corrected chi connectivity index (χ2v) is 6.48. The molecule has 0 aromatic carbocycles. The van der Waals surface area contributed by atoms with Crippen LogP contribution in [0.3, 0.4) is 0 Å². The largest absolute Gasteiger partial charge is 0.363 e. The van der Waals surface area contributed by atoms with Gasteiger partial charge in [-0.25, -0.2) is 0 Å². The van der Waals surface area contributed by atoms with Crippen LogP contribution in [0.15, 0.2) is 0 Å². The lowest BCUT2D eigenvalue weighted by Gasteiger charge is -2.47. The van der Waals surface area contributed by atoms with Gasteiger partial charge in [0.2, 0.25) is 0 Å². The van der Waals surface area contributed by atoms with Crippen LogP contribution in [0, 0.1) is 5.92 Å². The molecule has 2 bridgehead atoms. The summed E-state index contributed by atoms with van der Waals surface area (Å²) in [6.07, 6.45) is 10.9. The van der Waals surface area contributed by atoms with Crippen molar-refractivity contribution >= 4 is 0 Å².